The minimum absolute atomic E-state index is 0.0293. The molecule has 7 heteroatoms. The standard InChI is InChI=1S/C16H14ClN3O2S/c1-8(2)15-18-14-10(5-11(17)6-13(14)23-15)7-20-9(3)4-12(19-20)16(21)22/h4-6H,1,7H2,2-3H3,(H,21,22). The van der Waals surface area contributed by atoms with Crippen molar-refractivity contribution in [3.8, 4) is 0 Å². The number of carbonyl (C=O) groups is 1. The molecule has 1 aromatic carbocycles. The number of carboxylic acids is 1. The summed E-state index contributed by atoms with van der Waals surface area (Å²) in [5.74, 6) is -1.04. The Morgan fingerprint density at radius 2 is 2.17 bits per heavy atom. The zero-order valence-corrected chi connectivity index (χ0v) is 14.2. The van der Waals surface area contributed by atoms with Crippen molar-refractivity contribution >= 4 is 44.7 Å². The van der Waals surface area contributed by atoms with Gasteiger partial charge in [-0.05, 0) is 37.6 Å². The lowest BCUT2D eigenvalue weighted by Gasteiger charge is -2.06. The van der Waals surface area contributed by atoms with E-state index in [4.69, 9.17) is 16.7 Å². The molecule has 0 aliphatic heterocycles. The van der Waals surface area contributed by atoms with Gasteiger partial charge in [0.25, 0.3) is 0 Å². The molecule has 23 heavy (non-hydrogen) atoms. The Bertz CT molecular complexity index is 942. The van der Waals surface area contributed by atoms with Gasteiger partial charge in [0.05, 0.1) is 16.8 Å². The van der Waals surface area contributed by atoms with Crippen molar-refractivity contribution in [2.45, 2.75) is 20.4 Å². The smallest absolute Gasteiger partial charge is 0.356 e. The largest absolute Gasteiger partial charge is 0.476 e. The predicted octanol–water partition coefficient (Wildman–Crippen LogP) is 4.23. The van der Waals surface area contributed by atoms with Crippen LogP contribution in [0.3, 0.4) is 0 Å². The van der Waals surface area contributed by atoms with Gasteiger partial charge in [0, 0.05) is 16.3 Å². The third kappa shape index (κ3) is 3.00. The first-order valence-electron chi connectivity index (χ1n) is 6.87. The second kappa shape index (κ2) is 5.79. The molecule has 0 saturated heterocycles. The van der Waals surface area contributed by atoms with E-state index in [-0.39, 0.29) is 5.69 Å². The Morgan fingerprint density at radius 1 is 1.43 bits per heavy atom. The molecule has 0 unspecified atom stereocenters. The van der Waals surface area contributed by atoms with Crippen LogP contribution < -0.4 is 0 Å². The lowest BCUT2D eigenvalue weighted by molar-refractivity contribution is 0.0689. The predicted molar refractivity (Wildman–Crippen MR) is 92.4 cm³/mol. The van der Waals surface area contributed by atoms with Crippen LogP contribution in [0.2, 0.25) is 5.02 Å². The highest BCUT2D eigenvalue weighted by molar-refractivity contribution is 7.19. The van der Waals surface area contributed by atoms with E-state index in [0.717, 1.165) is 32.1 Å². The van der Waals surface area contributed by atoms with Crippen molar-refractivity contribution in [1.29, 1.82) is 0 Å². The maximum atomic E-state index is 11.0. The molecule has 2 aromatic heterocycles. The molecule has 1 N–H and O–H groups in total. The number of aromatic carboxylic acids is 1. The first-order valence-corrected chi connectivity index (χ1v) is 8.07. The maximum absolute atomic E-state index is 11.0. The van der Waals surface area contributed by atoms with E-state index in [0.29, 0.717) is 11.6 Å². The third-order valence-corrected chi connectivity index (χ3v) is 4.81. The fourth-order valence-electron chi connectivity index (χ4n) is 2.30. The van der Waals surface area contributed by atoms with Gasteiger partial charge < -0.3 is 5.11 Å². The van der Waals surface area contributed by atoms with Crippen molar-refractivity contribution in [3.63, 3.8) is 0 Å². The number of aryl methyl sites for hydroxylation is 1. The zero-order chi connectivity index (χ0) is 16.7. The van der Waals surface area contributed by atoms with Gasteiger partial charge in [-0.25, -0.2) is 9.78 Å². The minimum Gasteiger partial charge on any atom is -0.476 e. The molecule has 118 valence electrons. The van der Waals surface area contributed by atoms with Gasteiger partial charge in [0.2, 0.25) is 0 Å². The molecule has 5 nitrogen and oxygen atoms in total. The van der Waals surface area contributed by atoms with Crippen LogP contribution in [0.1, 0.15) is 33.7 Å². The minimum atomic E-state index is -1.04. The van der Waals surface area contributed by atoms with E-state index in [2.05, 4.69) is 16.7 Å². The molecule has 3 rings (SSSR count). The molecule has 0 radical (unpaired) electrons. The lowest BCUT2D eigenvalue weighted by atomic mass is 10.2. The molecule has 0 saturated carbocycles. The number of carboxylic acid groups (broad SMARTS) is 1. The van der Waals surface area contributed by atoms with Crippen molar-refractivity contribution in [2.75, 3.05) is 0 Å². The molecule has 0 atom stereocenters. The number of fused-ring (bicyclic) bond motifs is 1. The first kappa shape index (κ1) is 15.7. The summed E-state index contributed by atoms with van der Waals surface area (Å²) in [6.07, 6.45) is 0. The van der Waals surface area contributed by atoms with E-state index in [9.17, 15) is 4.79 Å². The summed E-state index contributed by atoms with van der Waals surface area (Å²) in [5.41, 5.74) is 3.45. The Hall–Kier alpha value is -2.18. The molecule has 0 aliphatic carbocycles. The Balaban J connectivity index is 2.09. The molecule has 3 aromatic rings. The number of benzene rings is 1. The van der Waals surface area contributed by atoms with Crippen molar-refractivity contribution in [1.82, 2.24) is 14.8 Å². The molecule has 0 aliphatic rings. The SMILES string of the molecule is C=C(C)c1nc2c(Cn3nc(C(=O)O)cc3C)cc(Cl)cc2s1. The lowest BCUT2D eigenvalue weighted by Crippen LogP contribution is -2.06. The number of hydrogen-bond acceptors (Lipinski definition) is 4. The number of allylic oxidation sites excluding steroid dienone is 1. The van der Waals surface area contributed by atoms with Crippen molar-refractivity contribution in [2.24, 2.45) is 0 Å². The van der Waals surface area contributed by atoms with Crippen molar-refractivity contribution in [3.05, 3.63) is 51.8 Å². The molecule has 0 bridgehead atoms. The van der Waals surface area contributed by atoms with Crippen LogP contribution in [0.15, 0.2) is 24.8 Å². The van der Waals surface area contributed by atoms with Crippen LogP contribution in [-0.2, 0) is 6.54 Å². The van der Waals surface area contributed by atoms with Gasteiger partial charge in [-0.2, -0.15) is 5.10 Å². The number of aromatic nitrogens is 3. The summed E-state index contributed by atoms with van der Waals surface area (Å²) in [7, 11) is 0. The number of rotatable bonds is 4. The summed E-state index contributed by atoms with van der Waals surface area (Å²) in [6, 6.07) is 5.26. The molecule has 2 heterocycles. The normalized spacial score (nSPS) is 11.1. The second-order valence-corrected chi connectivity index (χ2v) is 6.81. The quantitative estimate of drug-likeness (QED) is 0.766. The van der Waals surface area contributed by atoms with E-state index in [1.165, 1.54) is 11.3 Å². The van der Waals surface area contributed by atoms with Crippen LogP contribution in [-0.4, -0.2) is 25.8 Å². The summed E-state index contributed by atoms with van der Waals surface area (Å²) >= 11 is 7.75. The zero-order valence-electron chi connectivity index (χ0n) is 12.6. The van der Waals surface area contributed by atoms with Crippen LogP contribution in [0.25, 0.3) is 15.8 Å². The highest BCUT2D eigenvalue weighted by Gasteiger charge is 2.14. The maximum Gasteiger partial charge on any atom is 0.356 e. The fourth-order valence-corrected chi connectivity index (χ4v) is 3.58. The average molecular weight is 348 g/mol. The topological polar surface area (TPSA) is 68.0 Å². The Labute approximate surface area is 141 Å². The molecule has 0 fully saturated rings. The highest BCUT2D eigenvalue weighted by atomic mass is 35.5. The number of thiazole rings is 1. The molecule has 0 spiro atoms. The van der Waals surface area contributed by atoms with Crippen LogP contribution in [0.4, 0.5) is 0 Å². The monoisotopic (exact) mass is 347 g/mol. The van der Waals surface area contributed by atoms with Crippen LogP contribution in [0.5, 0.6) is 0 Å². The first-order chi connectivity index (χ1) is 10.8. The van der Waals surface area contributed by atoms with Gasteiger partial charge in [-0.15, -0.1) is 11.3 Å². The Morgan fingerprint density at radius 3 is 2.78 bits per heavy atom. The number of halogens is 1. The number of hydrogen-bond donors (Lipinski definition) is 1. The summed E-state index contributed by atoms with van der Waals surface area (Å²) in [5, 5.41) is 14.7. The number of nitrogens with zero attached hydrogens (tertiary/aromatic N) is 3. The molecular formula is C16H14ClN3O2S. The van der Waals surface area contributed by atoms with Crippen LogP contribution in [0, 0.1) is 6.92 Å². The van der Waals surface area contributed by atoms with Gasteiger partial charge in [-0.1, -0.05) is 18.2 Å². The van der Waals surface area contributed by atoms with E-state index in [1.54, 1.807) is 10.7 Å². The molecular weight excluding hydrogens is 334 g/mol. The Kier molecular flexibility index (Phi) is 3.95. The second-order valence-electron chi connectivity index (χ2n) is 5.34. The average Bonchev–Trinajstić information content (AvgIpc) is 3.03. The summed E-state index contributed by atoms with van der Waals surface area (Å²) < 4.78 is 2.63. The van der Waals surface area contributed by atoms with Gasteiger partial charge >= 0.3 is 5.97 Å². The van der Waals surface area contributed by atoms with Gasteiger partial charge in [0.15, 0.2) is 5.69 Å². The third-order valence-electron chi connectivity index (χ3n) is 3.42. The summed E-state index contributed by atoms with van der Waals surface area (Å²) in [6.45, 7) is 8.07. The summed E-state index contributed by atoms with van der Waals surface area (Å²) in [4.78, 5) is 15.7. The van der Waals surface area contributed by atoms with E-state index < -0.39 is 5.97 Å². The van der Waals surface area contributed by atoms with Crippen LogP contribution >= 0.6 is 22.9 Å². The fraction of sp³-hybridized carbons (Fsp3) is 0.188. The van der Waals surface area contributed by atoms with Crippen molar-refractivity contribution < 1.29 is 9.90 Å². The highest BCUT2D eigenvalue weighted by Crippen LogP contribution is 2.31. The van der Waals surface area contributed by atoms with E-state index >= 15 is 0 Å². The molecule has 0 amide bonds. The van der Waals surface area contributed by atoms with E-state index in [1.807, 2.05) is 26.0 Å². The van der Waals surface area contributed by atoms with Gasteiger partial charge in [-0.3, -0.25) is 4.68 Å². The van der Waals surface area contributed by atoms with Gasteiger partial charge in [0.1, 0.15) is 5.01 Å².